The Balaban J connectivity index is 2.08. The van der Waals surface area contributed by atoms with E-state index in [0.29, 0.717) is 11.6 Å². The third-order valence-corrected chi connectivity index (χ3v) is 5.35. The molecular weight excluding hydrogens is 236 g/mol. The smallest absolute Gasteiger partial charge is 0.0594 e. The summed E-state index contributed by atoms with van der Waals surface area (Å²) < 4.78 is 5.54. The molecule has 2 unspecified atom stereocenters. The number of ether oxygens (including phenoxy) is 1. The molecule has 19 heavy (non-hydrogen) atoms. The molecule has 1 aliphatic carbocycles. The third kappa shape index (κ3) is 3.32. The van der Waals surface area contributed by atoms with E-state index in [1.807, 2.05) is 0 Å². The molecule has 3 nitrogen and oxygen atoms in total. The largest absolute Gasteiger partial charge is 0.379 e. The minimum Gasteiger partial charge on any atom is -0.379 e. The van der Waals surface area contributed by atoms with E-state index in [1.165, 1.54) is 32.1 Å². The van der Waals surface area contributed by atoms with Gasteiger partial charge >= 0.3 is 0 Å². The Hall–Kier alpha value is -0.120. The molecule has 2 aliphatic rings. The zero-order valence-corrected chi connectivity index (χ0v) is 13.1. The van der Waals surface area contributed by atoms with Crippen LogP contribution in [0.3, 0.4) is 0 Å². The normalized spacial score (nSPS) is 26.7. The monoisotopic (exact) mass is 268 g/mol. The first kappa shape index (κ1) is 15.3. The predicted molar refractivity (Wildman–Crippen MR) is 80.5 cm³/mol. The maximum Gasteiger partial charge on any atom is 0.0594 e. The van der Waals surface area contributed by atoms with E-state index in [4.69, 9.17) is 4.74 Å². The van der Waals surface area contributed by atoms with Gasteiger partial charge < -0.3 is 10.1 Å². The summed E-state index contributed by atoms with van der Waals surface area (Å²) in [4.78, 5) is 2.68. The van der Waals surface area contributed by atoms with Crippen LogP contribution in [0.1, 0.15) is 52.9 Å². The lowest BCUT2D eigenvalue weighted by molar-refractivity contribution is -0.0476. The number of hydrogen-bond donors (Lipinski definition) is 1. The van der Waals surface area contributed by atoms with Crippen molar-refractivity contribution in [3.8, 4) is 0 Å². The van der Waals surface area contributed by atoms with Crippen LogP contribution >= 0.6 is 0 Å². The summed E-state index contributed by atoms with van der Waals surface area (Å²) in [6.45, 7) is 12.3. The van der Waals surface area contributed by atoms with Gasteiger partial charge in [-0.2, -0.15) is 0 Å². The second-order valence-electron chi connectivity index (χ2n) is 6.43. The van der Waals surface area contributed by atoms with Crippen molar-refractivity contribution >= 4 is 0 Å². The number of hydrogen-bond acceptors (Lipinski definition) is 3. The Morgan fingerprint density at radius 1 is 1.26 bits per heavy atom. The van der Waals surface area contributed by atoms with Crippen molar-refractivity contribution in [2.75, 3.05) is 32.8 Å². The summed E-state index contributed by atoms with van der Waals surface area (Å²) in [7, 11) is 0. The molecule has 3 heteroatoms. The molecule has 2 rings (SSSR count). The summed E-state index contributed by atoms with van der Waals surface area (Å²) in [5.41, 5.74) is 0.296. The highest BCUT2D eigenvalue weighted by Crippen LogP contribution is 2.38. The average Bonchev–Trinajstić information content (AvgIpc) is 2.41. The van der Waals surface area contributed by atoms with E-state index in [1.54, 1.807) is 0 Å². The van der Waals surface area contributed by atoms with Crippen molar-refractivity contribution in [2.45, 2.75) is 64.5 Å². The lowest BCUT2D eigenvalue weighted by atomic mass is 9.70. The molecule has 0 spiro atoms. The van der Waals surface area contributed by atoms with Crippen molar-refractivity contribution in [1.29, 1.82) is 0 Å². The fourth-order valence-corrected chi connectivity index (χ4v) is 3.68. The molecule has 1 heterocycles. The lowest BCUT2D eigenvalue weighted by Crippen LogP contribution is -2.64. The van der Waals surface area contributed by atoms with E-state index in [0.717, 1.165) is 38.8 Å². The first-order valence-electron chi connectivity index (χ1n) is 8.28. The van der Waals surface area contributed by atoms with Gasteiger partial charge in [0.05, 0.1) is 13.2 Å². The number of morpholine rings is 1. The average molecular weight is 268 g/mol. The minimum absolute atomic E-state index is 0.296. The molecule has 0 aromatic heterocycles. The molecule has 1 saturated heterocycles. The quantitative estimate of drug-likeness (QED) is 0.768. The van der Waals surface area contributed by atoms with Crippen molar-refractivity contribution in [2.24, 2.45) is 5.92 Å². The SMILES string of the molecule is CCCNC(C1CCC1)C(C)(CC)N1CCOCC1. The molecule has 1 saturated carbocycles. The van der Waals surface area contributed by atoms with Crippen molar-refractivity contribution in [3.63, 3.8) is 0 Å². The third-order valence-electron chi connectivity index (χ3n) is 5.35. The van der Waals surface area contributed by atoms with Crippen LogP contribution in [0, 0.1) is 5.92 Å². The lowest BCUT2D eigenvalue weighted by Gasteiger charge is -2.52. The van der Waals surface area contributed by atoms with Gasteiger partial charge in [0.25, 0.3) is 0 Å². The molecule has 0 bridgehead atoms. The summed E-state index contributed by atoms with van der Waals surface area (Å²) in [6.07, 6.45) is 6.72. The van der Waals surface area contributed by atoms with Gasteiger partial charge in [0, 0.05) is 24.7 Å². The van der Waals surface area contributed by atoms with Gasteiger partial charge in [0.15, 0.2) is 0 Å². The molecule has 112 valence electrons. The Morgan fingerprint density at radius 3 is 2.42 bits per heavy atom. The molecule has 2 atom stereocenters. The van der Waals surface area contributed by atoms with Gasteiger partial charge in [-0.15, -0.1) is 0 Å². The molecule has 0 radical (unpaired) electrons. The first-order chi connectivity index (χ1) is 9.22. The van der Waals surface area contributed by atoms with Gasteiger partial charge in [-0.3, -0.25) is 4.90 Å². The van der Waals surface area contributed by atoms with E-state index >= 15 is 0 Å². The highest BCUT2D eigenvalue weighted by atomic mass is 16.5. The van der Waals surface area contributed by atoms with Crippen molar-refractivity contribution in [3.05, 3.63) is 0 Å². The van der Waals surface area contributed by atoms with Crippen LogP contribution in [-0.2, 0) is 4.74 Å². The molecule has 0 amide bonds. The van der Waals surface area contributed by atoms with E-state index in [9.17, 15) is 0 Å². The van der Waals surface area contributed by atoms with Crippen LogP contribution in [0.5, 0.6) is 0 Å². The van der Waals surface area contributed by atoms with Crippen LogP contribution in [0.4, 0.5) is 0 Å². The van der Waals surface area contributed by atoms with Crippen LogP contribution < -0.4 is 5.32 Å². The van der Waals surface area contributed by atoms with Crippen molar-refractivity contribution in [1.82, 2.24) is 10.2 Å². The molecule has 0 aromatic rings. The van der Waals surface area contributed by atoms with E-state index in [-0.39, 0.29) is 0 Å². The molecule has 2 fully saturated rings. The molecule has 0 aromatic carbocycles. The van der Waals surface area contributed by atoms with Crippen LogP contribution in [0.25, 0.3) is 0 Å². The van der Waals surface area contributed by atoms with Gasteiger partial charge in [-0.1, -0.05) is 20.3 Å². The predicted octanol–water partition coefficient (Wildman–Crippen LogP) is 2.66. The van der Waals surface area contributed by atoms with Crippen molar-refractivity contribution < 1.29 is 4.74 Å². The number of nitrogens with one attached hydrogen (secondary N) is 1. The van der Waals surface area contributed by atoms with Crippen LogP contribution in [-0.4, -0.2) is 49.3 Å². The second-order valence-corrected chi connectivity index (χ2v) is 6.43. The summed E-state index contributed by atoms with van der Waals surface area (Å²) in [6, 6.07) is 0.657. The Morgan fingerprint density at radius 2 is 1.95 bits per heavy atom. The van der Waals surface area contributed by atoms with E-state index in [2.05, 4.69) is 31.0 Å². The molecular formula is C16H32N2O. The Bertz CT molecular complexity index is 261. The fourth-order valence-electron chi connectivity index (χ4n) is 3.68. The van der Waals surface area contributed by atoms with Crippen LogP contribution in [0.15, 0.2) is 0 Å². The standard InChI is InChI=1S/C16H32N2O/c1-4-9-17-15(14-7-6-8-14)16(3,5-2)18-10-12-19-13-11-18/h14-15,17H,4-13H2,1-3H3. The minimum atomic E-state index is 0.296. The van der Waals surface area contributed by atoms with Gasteiger partial charge in [-0.25, -0.2) is 0 Å². The fraction of sp³-hybridized carbons (Fsp3) is 1.00. The van der Waals surface area contributed by atoms with Crippen LogP contribution in [0.2, 0.25) is 0 Å². The van der Waals surface area contributed by atoms with Gasteiger partial charge in [0.1, 0.15) is 0 Å². The number of rotatable bonds is 7. The van der Waals surface area contributed by atoms with E-state index < -0.39 is 0 Å². The first-order valence-corrected chi connectivity index (χ1v) is 8.28. The second kappa shape index (κ2) is 7.05. The number of nitrogens with zero attached hydrogens (tertiary/aromatic N) is 1. The maximum atomic E-state index is 5.54. The zero-order valence-electron chi connectivity index (χ0n) is 13.1. The van der Waals surface area contributed by atoms with Gasteiger partial charge in [-0.05, 0) is 45.1 Å². The Kier molecular flexibility index (Phi) is 5.67. The topological polar surface area (TPSA) is 24.5 Å². The summed E-state index contributed by atoms with van der Waals surface area (Å²) >= 11 is 0. The van der Waals surface area contributed by atoms with Gasteiger partial charge in [0.2, 0.25) is 0 Å². The highest BCUT2D eigenvalue weighted by Gasteiger charge is 2.43. The Labute approximate surface area is 119 Å². The molecule has 1 N–H and O–H groups in total. The molecule has 1 aliphatic heterocycles. The zero-order chi connectivity index (χ0) is 13.7. The summed E-state index contributed by atoms with van der Waals surface area (Å²) in [5.74, 6) is 0.888. The maximum absolute atomic E-state index is 5.54. The summed E-state index contributed by atoms with van der Waals surface area (Å²) in [5, 5.41) is 3.88. The highest BCUT2D eigenvalue weighted by molar-refractivity contribution is 5.02.